The Hall–Kier alpha value is -2.54. The van der Waals surface area contributed by atoms with E-state index < -0.39 is 0 Å². The summed E-state index contributed by atoms with van der Waals surface area (Å²) in [4.78, 5) is 21.6. The predicted octanol–water partition coefficient (Wildman–Crippen LogP) is 1.99. The monoisotopic (exact) mass is 314 g/mol. The van der Waals surface area contributed by atoms with Crippen LogP contribution < -0.4 is 4.90 Å². The molecular formula is C14H11ClN6O. The van der Waals surface area contributed by atoms with E-state index in [-0.39, 0.29) is 11.2 Å². The van der Waals surface area contributed by atoms with Crippen LogP contribution in [0.25, 0.3) is 16.9 Å². The van der Waals surface area contributed by atoms with Gasteiger partial charge in [0, 0.05) is 18.7 Å². The Morgan fingerprint density at radius 2 is 1.91 bits per heavy atom. The molecule has 3 heterocycles. The van der Waals surface area contributed by atoms with Gasteiger partial charge >= 0.3 is 0 Å². The fourth-order valence-corrected chi connectivity index (χ4v) is 2.71. The minimum Gasteiger partial charge on any atom is -0.312 e. The van der Waals surface area contributed by atoms with Crippen LogP contribution in [0.15, 0.2) is 30.5 Å². The van der Waals surface area contributed by atoms with Gasteiger partial charge in [0.2, 0.25) is 11.2 Å². The molecule has 4 rings (SSSR count). The zero-order chi connectivity index (χ0) is 15.1. The van der Waals surface area contributed by atoms with Crippen molar-refractivity contribution in [3.05, 3.63) is 35.7 Å². The number of benzene rings is 1. The third kappa shape index (κ3) is 2.10. The van der Waals surface area contributed by atoms with Crippen molar-refractivity contribution in [3.63, 3.8) is 0 Å². The number of hydrogen-bond donors (Lipinski definition) is 0. The van der Waals surface area contributed by atoms with Crippen LogP contribution in [0.5, 0.6) is 0 Å². The second kappa shape index (κ2) is 5.03. The van der Waals surface area contributed by atoms with Gasteiger partial charge in [-0.15, -0.1) is 5.10 Å². The van der Waals surface area contributed by atoms with Gasteiger partial charge in [0.1, 0.15) is 0 Å². The van der Waals surface area contributed by atoms with Gasteiger partial charge in [-0.3, -0.25) is 4.79 Å². The number of carbonyl (C=O) groups excluding carboxylic acids is 1. The van der Waals surface area contributed by atoms with E-state index >= 15 is 0 Å². The van der Waals surface area contributed by atoms with E-state index in [1.165, 1.54) is 6.20 Å². The number of amides is 1. The fourth-order valence-electron chi connectivity index (χ4n) is 2.58. The van der Waals surface area contributed by atoms with E-state index in [9.17, 15) is 4.79 Å². The highest BCUT2D eigenvalue weighted by atomic mass is 35.5. The molecule has 110 valence electrons. The van der Waals surface area contributed by atoms with Crippen molar-refractivity contribution in [2.24, 2.45) is 0 Å². The Labute approximate surface area is 130 Å². The summed E-state index contributed by atoms with van der Waals surface area (Å²) in [6.45, 7) is 0.771. The molecule has 1 aliphatic heterocycles. The molecule has 0 unspecified atom stereocenters. The number of rotatable bonds is 2. The minimum absolute atomic E-state index is 0.148. The molecule has 0 atom stereocenters. The van der Waals surface area contributed by atoms with Gasteiger partial charge < -0.3 is 4.90 Å². The van der Waals surface area contributed by atoms with Gasteiger partial charge in [0.15, 0.2) is 11.2 Å². The van der Waals surface area contributed by atoms with Gasteiger partial charge in [0.05, 0.1) is 11.9 Å². The van der Waals surface area contributed by atoms with E-state index in [2.05, 4.69) is 20.3 Å². The first-order valence-electron chi connectivity index (χ1n) is 6.87. The summed E-state index contributed by atoms with van der Waals surface area (Å²) in [5.41, 5.74) is 2.81. The summed E-state index contributed by atoms with van der Waals surface area (Å²) in [5, 5.41) is 8.24. The van der Waals surface area contributed by atoms with Crippen molar-refractivity contribution >= 4 is 34.4 Å². The Kier molecular flexibility index (Phi) is 3.00. The van der Waals surface area contributed by atoms with Crippen molar-refractivity contribution in [1.29, 1.82) is 0 Å². The number of halogens is 1. The fraction of sp³-hybridized carbons (Fsp3) is 0.214. The normalized spacial score (nSPS) is 15.0. The molecule has 1 saturated heterocycles. The third-order valence-electron chi connectivity index (χ3n) is 3.64. The highest BCUT2D eigenvalue weighted by molar-refractivity contribution is 6.28. The molecule has 0 N–H and O–H groups in total. The lowest BCUT2D eigenvalue weighted by atomic mass is 10.2. The quantitative estimate of drug-likeness (QED) is 0.676. The lowest BCUT2D eigenvalue weighted by molar-refractivity contribution is -0.117. The molecule has 0 bridgehead atoms. The molecule has 7 nitrogen and oxygen atoms in total. The van der Waals surface area contributed by atoms with E-state index in [4.69, 9.17) is 11.6 Å². The van der Waals surface area contributed by atoms with Crippen LogP contribution in [0.1, 0.15) is 12.8 Å². The van der Waals surface area contributed by atoms with E-state index in [0.29, 0.717) is 17.6 Å². The molecule has 1 aromatic carbocycles. The van der Waals surface area contributed by atoms with Crippen LogP contribution in [0.3, 0.4) is 0 Å². The van der Waals surface area contributed by atoms with Crippen LogP contribution in [0.2, 0.25) is 5.28 Å². The number of fused-ring (bicyclic) bond motifs is 1. The van der Waals surface area contributed by atoms with Crippen molar-refractivity contribution < 1.29 is 4.79 Å². The van der Waals surface area contributed by atoms with Crippen LogP contribution >= 0.6 is 11.6 Å². The Balaban J connectivity index is 1.73. The first-order valence-corrected chi connectivity index (χ1v) is 7.25. The smallest absolute Gasteiger partial charge is 0.227 e. The van der Waals surface area contributed by atoms with Gasteiger partial charge in [-0.25, -0.2) is 4.98 Å². The molecule has 3 aromatic rings. The highest BCUT2D eigenvalue weighted by Crippen LogP contribution is 2.23. The maximum absolute atomic E-state index is 11.8. The zero-order valence-electron chi connectivity index (χ0n) is 11.5. The minimum atomic E-state index is 0.148. The summed E-state index contributed by atoms with van der Waals surface area (Å²) in [6, 6.07) is 7.56. The second-order valence-corrected chi connectivity index (χ2v) is 5.35. The van der Waals surface area contributed by atoms with Crippen molar-refractivity contribution in [2.45, 2.75) is 12.8 Å². The summed E-state index contributed by atoms with van der Waals surface area (Å²) >= 11 is 5.83. The molecule has 8 heteroatoms. The number of carbonyl (C=O) groups is 1. The van der Waals surface area contributed by atoms with Gasteiger partial charge in [-0.1, -0.05) is 5.21 Å². The van der Waals surface area contributed by atoms with Gasteiger partial charge in [-0.05, 0) is 42.3 Å². The summed E-state index contributed by atoms with van der Waals surface area (Å²) < 4.78 is 1.60. The molecule has 1 fully saturated rings. The molecule has 22 heavy (non-hydrogen) atoms. The lowest BCUT2D eigenvalue weighted by Crippen LogP contribution is -2.23. The lowest BCUT2D eigenvalue weighted by Gasteiger charge is -2.15. The third-order valence-corrected chi connectivity index (χ3v) is 3.82. The molecule has 0 aliphatic carbocycles. The van der Waals surface area contributed by atoms with E-state index in [0.717, 1.165) is 24.3 Å². The van der Waals surface area contributed by atoms with Gasteiger partial charge in [-0.2, -0.15) is 9.67 Å². The van der Waals surface area contributed by atoms with Crippen LogP contribution in [-0.4, -0.2) is 37.4 Å². The summed E-state index contributed by atoms with van der Waals surface area (Å²) in [6.07, 6.45) is 3.06. The van der Waals surface area contributed by atoms with Crippen molar-refractivity contribution in [3.8, 4) is 5.69 Å². The van der Waals surface area contributed by atoms with Crippen molar-refractivity contribution in [1.82, 2.24) is 25.0 Å². The average Bonchev–Trinajstić information content (AvgIpc) is 3.13. The van der Waals surface area contributed by atoms with Gasteiger partial charge in [0.25, 0.3) is 0 Å². The topological polar surface area (TPSA) is 76.8 Å². The standard InChI is InChI=1S/C14H11ClN6O/c15-14-16-8-11-13(17-14)21(19-18-11)10-5-3-9(4-6-10)20-7-1-2-12(20)22/h3-6,8H,1-2,7H2. The maximum Gasteiger partial charge on any atom is 0.227 e. The summed E-state index contributed by atoms with van der Waals surface area (Å²) in [5.74, 6) is 0.165. The number of hydrogen-bond acceptors (Lipinski definition) is 5. The summed E-state index contributed by atoms with van der Waals surface area (Å²) in [7, 11) is 0. The maximum atomic E-state index is 11.8. The number of nitrogens with zero attached hydrogens (tertiary/aromatic N) is 6. The first kappa shape index (κ1) is 13.1. The molecule has 1 amide bonds. The molecule has 1 aliphatic rings. The highest BCUT2D eigenvalue weighted by Gasteiger charge is 2.21. The molecule has 2 aromatic heterocycles. The first-order chi connectivity index (χ1) is 10.7. The van der Waals surface area contributed by atoms with Crippen molar-refractivity contribution in [2.75, 3.05) is 11.4 Å². The Bertz CT molecular complexity index is 859. The zero-order valence-corrected chi connectivity index (χ0v) is 12.2. The Morgan fingerprint density at radius 3 is 2.64 bits per heavy atom. The Morgan fingerprint density at radius 1 is 1.14 bits per heavy atom. The largest absolute Gasteiger partial charge is 0.312 e. The molecule has 0 saturated carbocycles. The average molecular weight is 315 g/mol. The molecule has 0 spiro atoms. The van der Waals surface area contributed by atoms with Crippen LogP contribution in [0, 0.1) is 0 Å². The number of aromatic nitrogens is 5. The SMILES string of the molecule is O=C1CCCN1c1ccc(-n2nnc3cnc(Cl)nc32)cc1. The number of anilines is 1. The predicted molar refractivity (Wildman–Crippen MR) is 81.1 cm³/mol. The van der Waals surface area contributed by atoms with Crippen LogP contribution in [0.4, 0.5) is 5.69 Å². The molecular weight excluding hydrogens is 304 g/mol. The van der Waals surface area contributed by atoms with E-state index in [1.54, 1.807) is 9.58 Å². The second-order valence-electron chi connectivity index (χ2n) is 5.01. The van der Waals surface area contributed by atoms with E-state index in [1.807, 2.05) is 24.3 Å². The molecule has 0 radical (unpaired) electrons. The van der Waals surface area contributed by atoms with Crippen LogP contribution in [-0.2, 0) is 4.79 Å².